The van der Waals surface area contributed by atoms with E-state index in [1.807, 2.05) is 6.92 Å². The topological polar surface area (TPSA) is 97.6 Å². The van der Waals surface area contributed by atoms with Gasteiger partial charge in [0.15, 0.2) is 12.4 Å². The Kier molecular flexibility index (Phi) is 7.48. The smallest absolute Gasteiger partial charge is 0.358 e. The van der Waals surface area contributed by atoms with E-state index < -0.39 is 43.1 Å². The van der Waals surface area contributed by atoms with Gasteiger partial charge in [-0.25, -0.2) is 4.39 Å². The zero-order valence-corrected chi connectivity index (χ0v) is 14.4. The molecule has 25 heavy (non-hydrogen) atoms. The van der Waals surface area contributed by atoms with Crippen LogP contribution in [-0.2, 0) is 14.2 Å². The summed E-state index contributed by atoms with van der Waals surface area (Å²) in [6, 6.07) is 5.08. The van der Waals surface area contributed by atoms with Crippen molar-refractivity contribution in [3.8, 4) is 5.75 Å². The molecule has 1 aliphatic rings. The molecule has 1 aromatic rings. The maximum Gasteiger partial charge on any atom is 0.358 e. The van der Waals surface area contributed by atoms with E-state index in [0.29, 0.717) is 13.0 Å². The number of ether oxygens (including phenoxy) is 4. The molecule has 2 rings (SSSR count). The van der Waals surface area contributed by atoms with Crippen LogP contribution in [0.4, 0.5) is 4.39 Å². The first-order valence-corrected chi connectivity index (χ1v) is 8.25. The Bertz CT molecular complexity index is 556. The molecule has 0 radical (unpaired) electrons. The molecular weight excluding hydrogens is 355 g/mol. The third-order valence-corrected chi connectivity index (χ3v) is 3.73. The Morgan fingerprint density at radius 1 is 1.24 bits per heavy atom. The van der Waals surface area contributed by atoms with Crippen LogP contribution in [0, 0.1) is 5.82 Å². The minimum atomic E-state index is -1.35. The average molecular weight is 376 g/mol. The minimum Gasteiger partial charge on any atom is -0.447 e. The number of aliphatic hydroxyl groups excluding tert-OH is 3. The third kappa shape index (κ3) is 5.30. The summed E-state index contributed by atoms with van der Waals surface area (Å²) in [5, 5.41) is 29.5. The van der Waals surface area contributed by atoms with Gasteiger partial charge in [-0.3, -0.25) is 0 Å². The molecule has 0 spiro atoms. The quantitative estimate of drug-likeness (QED) is 0.626. The Hall–Kier alpha value is -1.36. The van der Waals surface area contributed by atoms with Gasteiger partial charge in [0, 0.05) is 18.8 Å². The molecule has 0 amide bonds. The van der Waals surface area contributed by atoms with E-state index in [1.54, 1.807) is 0 Å². The van der Waals surface area contributed by atoms with Crippen molar-refractivity contribution in [2.45, 2.75) is 44.1 Å². The lowest BCUT2D eigenvalue weighted by Gasteiger charge is -2.41. The second-order valence-corrected chi connectivity index (χ2v) is 5.80. The van der Waals surface area contributed by atoms with Crippen LogP contribution in [0.1, 0.15) is 13.3 Å². The standard InChI is InChI=1S/C16H21FO7S/c1-2-7-21-15-13(20)14(12(19)11(8-18)23-15)24-16(25)22-10-5-3-9(17)4-6-10/h3-6,11-15,18-20H,2,7-8H2,1H3/t11-,12-,13+,14+,15-/m1/s1. The van der Waals surface area contributed by atoms with Crippen molar-refractivity contribution in [3.05, 3.63) is 30.1 Å². The van der Waals surface area contributed by atoms with Crippen LogP contribution in [0.3, 0.4) is 0 Å². The van der Waals surface area contributed by atoms with E-state index in [9.17, 15) is 19.7 Å². The van der Waals surface area contributed by atoms with E-state index in [0.717, 1.165) is 0 Å². The predicted molar refractivity (Wildman–Crippen MR) is 88.5 cm³/mol. The first kappa shape index (κ1) is 20.0. The number of hydrogen-bond donors (Lipinski definition) is 3. The lowest BCUT2D eigenvalue weighted by molar-refractivity contribution is -0.299. The summed E-state index contributed by atoms with van der Waals surface area (Å²) in [6.45, 7) is 1.71. The van der Waals surface area contributed by atoms with Crippen LogP contribution in [0.25, 0.3) is 0 Å². The number of aliphatic hydroxyl groups is 3. The van der Waals surface area contributed by atoms with E-state index in [2.05, 4.69) is 0 Å². The Balaban J connectivity index is 2.02. The summed E-state index contributed by atoms with van der Waals surface area (Å²) in [7, 11) is 0. The molecule has 1 aromatic carbocycles. The predicted octanol–water partition coefficient (Wildman–Crippen LogP) is 0.740. The molecule has 3 N–H and O–H groups in total. The molecule has 1 heterocycles. The fraction of sp³-hybridized carbons (Fsp3) is 0.562. The lowest BCUT2D eigenvalue weighted by Crippen LogP contribution is -2.60. The van der Waals surface area contributed by atoms with Gasteiger partial charge in [-0.05, 0) is 30.7 Å². The zero-order valence-electron chi connectivity index (χ0n) is 13.6. The van der Waals surface area contributed by atoms with Crippen LogP contribution in [0.2, 0.25) is 0 Å². The van der Waals surface area contributed by atoms with Crippen LogP contribution in [-0.4, -0.2) is 64.5 Å². The van der Waals surface area contributed by atoms with Crippen LogP contribution >= 0.6 is 12.2 Å². The highest BCUT2D eigenvalue weighted by Crippen LogP contribution is 2.25. The summed E-state index contributed by atoms with van der Waals surface area (Å²) in [5.74, 6) is -0.198. The lowest BCUT2D eigenvalue weighted by atomic mass is 9.99. The molecule has 0 aliphatic carbocycles. The highest BCUT2D eigenvalue weighted by atomic mass is 32.1. The van der Waals surface area contributed by atoms with Crippen molar-refractivity contribution in [3.63, 3.8) is 0 Å². The second kappa shape index (κ2) is 9.37. The molecule has 0 saturated carbocycles. The van der Waals surface area contributed by atoms with Crippen LogP contribution in [0.15, 0.2) is 24.3 Å². The summed E-state index contributed by atoms with van der Waals surface area (Å²) in [5.41, 5.74) is 0. The van der Waals surface area contributed by atoms with E-state index in [4.69, 9.17) is 31.2 Å². The van der Waals surface area contributed by atoms with Crippen molar-refractivity contribution in [2.75, 3.05) is 13.2 Å². The van der Waals surface area contributed by atoms with Gasteiger partial charge in [0.25, 0.3) is 0 Å². The van der Waals surface area contributed by atoms with Crippen LogP contribution < -0.4 is 4.74 Å². The number of rotatable bonds is 6. The van der Waals surface area contributed by atoms with Gasteiger partial charge >= 0.3 is 5.24 Å². The maximum absolute atomic E-state index is 12.9. The second-order valence-electron chi connectivity index (χ2n) is 5.47. The molecular formula is C16H21FO7S. The van der Waals surface area contributed by atoms with Crippen molar-refractivity contribution >= 4 is 17.5 Å². The van der Waals surface area contributed by atoms with Gasteiger partial charge < -0.3 is 34.3 Å². The summed E-state index contributed by atoms with van der Waals surface area (Å²) in [6.07, 6.45) is -5.32. The highest BCUT2D eigenvalue weighted by molar-refractivity contribution is 7.79. The summed E-state index contributed by atoms with van der Waals surface area (Å²) >= 11 is 4.95. The number of benzene rings is 1. The average Bonchev–Trinajstić information content (AvgIpc) is 2.60. The van der Waals surface area contributed by atoms with Crippen molar-refractivity contribution in [1.82, 2.24) is 0 Å². The van der Waals surface area contributed by atoms with Crippen molar-refractivity contribution in [1.29, 1.82) is 0 Å². The molecule has 1 saturated heterocycles. The number of hydrogen-bond acceptors (Lipinski definition) is 8. The molecule has 7 nitrogen and oxygen atoms in total. The van der Waals surface area contributed by atoms with Gasteiger partial charge in [-0.15, -0.1) is 0 Å². The normalized spacial score (nSPS) is 29.2. The molecule has 1 fully saturated rings. The maximum atomic E-state index is 12.9. The minimum absolute atomic E-state index is 0.236. The Morgan fingerprint density at radius 2 is 1.92 bits per heavy atom. The van der Waals surface area contributed by atoms with Crippen molar-refractivity contribution in [2.24, 2.45) is 0 Å². The van der Waals surface area contributed by atoms with Gasteiger partial charge in [-0.1, -0.05) is 6.92 Å². The van der Waals surface area contributed by atoms with Gasteiger partial charge in [0.05, 0.1) is 6.61 Å². The molecule has 1 aliphatic heterocycles. The molecule has 0 bridgehead atoms. The largest absolute Gasteiger partial charge is 0.447 e. The number of halogens is 1. The monoisotopic (exact) mass is 376 g/mol. The molecule has 140 valence electrons. The van der Waals surface area contributed by atoms with Gasteiger partial charge in [0.1, 0.15) is 29.9 Å². The van der Waals surface area contributed by atoms with E-state index in [-0.39, 0.29) is 11.0 Å². The first-order chi connectivity index (χ1) is 12.0. The zero-order chi connectivity index (χ0) is 18.4. The van der Waals surface area contributed by atoms with E-state index in [1.165, 1.54) is 24.3 Å². The van der Waals surface area contributed by atoms with Gasteiger partial charge in [-0.2, -0.15) is 0 Å². The fourth-order valence-corrected chi connectivity index (χ4v) is 2.51. The summed E-state index contributed by atoms with van der Waals surface area (Å²) < 4.78 is 34.2. The first-order valence-electron chi connectivity index (χ1n) is 7.84. The molecule has 5 atom stereocenters. The Labute approximate surface area is 149 Å². The number of thiocarbonyl (C=S) groups is 1. The fourth-order valence-electron chi connectivity index (χ4n) is 2.30. The highest BCUT2D eigenvalue weighted by Gasteiger charge is 2.47. The summed E-state index contributed by atoms with van der Waals surface area (Å²) in [4.78, 5) is 0. The third-order valence-electron chi connectivity index (χ3n) is 3.56. The van der Waals surface area contributed by atoms with E-state index >= 15 is 0 Å². The SMILES string of the molecule is CCCO[C@@H]1O[C@H](CO)[C@@H](O)[C@H](OC(=S)Oc2ccc(F)cc2)[C@@H]1O. The van der Waals surface area contributed by atoms with Crippen molar-refractivity contribution < 1.29 is 38.7 Å². The van der Waals surface area contributed by atoms with Crippen LogP contribution in [0.5, 0.6) is 5.75 Å². The molecule has 0 unspecified atom stereocenters. The Morgan fingerprint density at radius 3 is 2.52 bits per heavy atom. The van der Waals surface area contributed by atoms with Gasteiger partial charge in [0.2, 0.25) is 0 Å². The molecule has 9 heteroatoms. The molecule has 0 aromatic heterocycles.